The molecule has 1 aromatic carbocycles. The number of aliphatic hydroxyl groups is 1. The molecule has 0 aliphatic carbocycles. The van der Waals surface area contributed by atoms with Crippen molar-refractivity contribution in [2.24, 2.45) is 0 Å². The molecule has 5 nitrogen and oxygen atoms in total. The zero-order valence-corrected chi connectivity index (χ0v) is 12.5. The van der Waals surface area contributed by atoms with Gasteiger partial charge >= 0.3 is 0 Å². The highest BCUT2D eigenvalue weighted by molar-refractivity contribution is 6.36. The summed E-state index contributed by atoms with van der Waals surface area (Å²) in [5, 5.41) is 12.2. The van der Waals surface area contributed by atoms with Crippen LogP contribution in [0, 0.1) is 0 Å². The summed E-state index contributed by atoms with van der Waals surface area (Å²) in [5.74, 6) is -0.867. The van der Waals surface area contributed by atoms with Gasteiger partial charge in [-0.2, -0.15) is 0 Å². The molecule has 0 saturated carbocycles. The van der Waals surface area contributed by atoms with Crippen molar-refractivity contribution in [3.8, 4) is 0 Å². The molecule has 0 radical (unpaired) electrons. The number of hydrogen-bond acceptors (Lipinski definition) is 3. The van der Waals surface area contributed by atoms with Crippen molar-refractivity contribution in [2.75, 3.05) is 25.0 Å². The van der Waals surface area contributed by atoms with E-state index >= 15 is 0 Å². The lowest BCUT2D eigenvalue weighted by Gasteiger charge is -2.20. The summed E-state index contributed by atoms with van der Waals surface area (Å²) in [4.78, 5) is 24.6. The Morgan fingerprint density at radius 2 is 2.05 bits per heavy atom. The highest BCUT2D eigenvalue weighted by Crippen LogP contribution is 2.25. The molecule has 0 aliphatic heterocycles. The van der Waals surface area contributed by atoms with Crippen molar-refractivity contribution in [3.05, 3.63) is 28.2 Å². The van der Waals surface area contributed by atoms with Crippen LogP contribution in [-0.4, -0.2) is 41.5 Å². The Kier molecular flexibility index (Phi) is 6.78. The van der Waals surface area contributed by atoms with E-state index in [-0.39, 0.29) is 12.5 Å². The Hall–Kier alpha value is -1.30. The lowest BCUT2D eigenvalue weighted by Crippen LogP contribution is -2.40. The van der Waals surface area contributed by atoms with Crippen molar-refractivity contribution in [2.45, 2.75) is 13.3 Å². The molecule has 2 N–H and O–H groups in total. The summed E-state index contributed by atoms with van der Waals surface area (Å²) in [6, 6.07) is 4.70. The van der Waals surface area contributed by atoms with Crippen LogP contribution in [0.4, 0.5) is 5.69 Å². The summed E-state index contributed by atoms with van der Waals surface area (Å²) < 4.78 is 0. The van der Waals surface area contributed by atoms with Crippen molar-refractivity contribution < 1.29 is 14.7 Å². The summed E-state index contributed by atoms with van der Waals surface area (Å²) >= 11 is 11.7. The number of amides is 2. The van der Waals surface area contributed by atoms with Crippen LogP contribution in [0.1, 0.15) is 13.3 Å². The van der Waals surface area contributed by atoms with E-state index in [2.05, 4.69) is 5.32 Å². The fraction of sp³-hybridized carbons (Fsp3) is 0.385. The lowest BCUT2D eigenvalue weighted by atomic mass is 10.3. The van der Waals surface area contributed by atoms with Gasteiger partial charge in [-0.3, -0.25) is 9.59 Å². The van der Waals surface area contributed by atoms with Gasteiger partial charge in [0, 0.05) is 11.6 Å². The number of nitrogens with zero attached hydrogens (tertiary/aromatic N) is 1. The Morgan fingerprint density at radius 3 is 2.60 bits per heavy atom. The maximum atomic E-state index is 11.9. The van der Waals surface area contributed by atoms with Gasteiger partial charge in [-0.05, 0) is 24.6 Å². The van der Waals surface area contributed by atoms with E-state index in [1.165, 1.54) is 11.0 Å². The van der Waals surface area contributed by atoms with Crippen molar-refractivity contribution in [1.82, 2.24) is 4.90 Å². The van der Waals surface area contributed by atoms with Crippen LogP contribution in [0.2, 0.25) is 10.0 Å². The molecule has 0 unspecified atom stereocenters. The zero-order chi connectivity index (χ0) is 15.1. The fourth-order valence-corrected chi connectivity index (χ4v) is 2.07. The number of carbonyl (C=O) groups excluding carboxylic acids is 2. The van der Waals surface area contributed by atoms with Crippen molar-refractivity contribution in [1.29, 1.82) is 0 Å². The molecule has 0 aliphatic rings. The van der Waals surface area contributed by atoms with Gasteiger partial charge < -0.3 is 15.3 Å². The molecule has 7 heteroatoms. The minimum absolute atomic E-state index is 0.133. The van der Waals surface area contributed by atoms with Gasteiger partial charge in [-0.25, -0.2) is 0 Å². The van der Waals surface area contributed by atoms with Crippen molar-refractivity contribution in [3.63, 3.8) is 0 Å². The van der Waals surface area contributed by atoms with Gasteiger partial charge in [-0.15, -0.1) is 0 Å². The van der Waals surface area contributed by atoms with Gasteiger partial charge in [0.05, 0.1) is 17.3 Å². The minimum atomic E-state index is -0.616. The standard InChI is InChI=1S/C13H16Cl2N2O3/c1-2-5-17(13(20)8-18)7-12(19)16-11-4-3-9(14)6-10(11)15/h3-4,6,18H,2,5,7-8H2,1H3,(H,16,19). The summed E-state index contributed by atoms with van der Waals surface area (Å²) in [6.45, 7) is 1.54. The Balaban J connectivity index is 2.67. The van der Waals surface area contributed by atoms with Crippen molar-refractivity contribution >= 4 is 40.7 Å². The number of carbonyl (C=O) groups is 2. The quantitative estimate of drug-likeness (QED) is 0.844. The third-order valence-electron chi connectivity index (χ3n) is 2.52. The van der Waals surface area contributed by atoms with Crippen LogP contribution >= 0.6 is 23.2 Å². The molecule has 0 spiro atoms. The van der Waals surface area contributed by atoms with Crippen LogP contribution < -0.4 is 5.32 Å². The Bertz CT molecular complexity index is 495. The number of hydrogen-bond donors (Lipinski definition) is 2. The highest BCUT2D eigenvalue weighted by atomic mass is 35.5. The third kappa shape index (κ3) is 5.00. The van der Waals surface area contributed by atoms with Crippen LogP contribution in [0.15, 0.2) is 18.2 Å². The van der Waals surface area contributed by atoms with E-state index in [9.17, 15) is 9.59 Å². The number of anilines is 1. The fourth-order valence-electron chi connectivity index (χ4n) is 1.62. The smallest absolute Gasteiger partial charge is 0.248 e. The first kappa shape index (κ1) is 16.8. The first-order valence-corrected chi connectivity index (χ1v) is 6.87. The summed E-state index contributed by atoms with van der Waals surface area (Å²) in [6.07, 6.45) is 0.695. The molecule has 1 aromatic rings. The minimum Gasteiger partial charge on any atom is -0.387 e. The predicted octanol–water partition coefficient (Wildman–Crippen LogP) is 2.16. The SMILES string of the molecule is CCCN(CC(=O)Nc1ccc(Cl)cc1Cl)C(=O)CO. The Morgan fingerprint density at radius 1 is 1.35 bits per heavy atom. The lowest BCUT2D eigenvalue weighted by molar-refractivity contribution is -0.137. The van der Waals surface area contributed by atoms with Crippen LogP contribution in [-0.2, 0) is 9.59 Å². The number of nitrogens with one attached hydrogen (secondary N) is 1. The molecule has 0 atom stereocenters. The van der Waals surface area contributed by atoms with E-state index in [0.717, 1.165) is 0 Å². The molecule has 0 fully saturated rings. The molecule has 110 valence electrons. The van der Waals surface area contributed by atoms with Gasteiger partial charge in [0.25, 0.3) is 0 Å². The molecule has 2 amide bonds. The maximum Gasteiger partial charge on any atom is 0.248 e. The molecular formula is C13H16Cl2N2O3. The van der Waals surface area contributed by atoms with E-state index in [1.807, 2.05) is 6.92 Å². The second-order valence-corrected chi connectivity index (χ2v) is 4.99. The molecule has 0 bridgehead atoms. The molecule has 1 rings (SSSR count). The normalized spacial score (nSPS) is 10.2. The van der Waals surface area contributed by atoms with E-state index in [0.29, 0.717) is 28.7 Å². The maximum absolute atomic E-state index is 11.9. The van der Waals surface area contributed by atoms with Gasteiger partial charge in [0.15, 0.2) is 0 Å². The van der Waals surface area contributed by atoms with Crippen LogP contribution in [0.5, 0.6) is 0 Å². The number of benzene rings is 1. The monoisotopic (exact) mass is 318 g/mol. The zero-order valence-electron chi connectivity index (χ0n) is 11.0. The second kappa shape index (κ2) is 8.09. The van der Waals surface area contributed by atoms with E-state index in [4.69, 9.17) is 28.3 Å². The predicted molar refractivity (Wildman–Crippen MR) is 79.0 cm³/mol. The first-order chi connectivity index (χ1) is 9.47. The molecule has 0 aromatic heterocycles. The Labute approximate surface area is 127 Å². The summed E-state index contributed by atoms with van der Waals surface area (Å²) in [5.41, 5.74) is 0.425. The van der Waals surface area contributed by atoms with Crippen LogP contribution in [0.3, 0.4) is 0 Å². The van der Waals surface area contributed by atoms with E-state index in [1.54, 1.807) is 12.1 Å². The van der Waals surface area contributed by atoms with Gasteiger partial charge in [0.1, 0.15) is 6.61 Å². The average Bonchev–Trinajstić information content (AvgIpc) is 2.40. The average molecular weight is 319 g/mol. The topological polar surface area (TPSA) is 69.6 Å². The molecule has 0 heterocycles. The highest BCUT2D eigenvalue weighted by Gasteiger charge is 2.16. The number of halogens is 2. The largest absolute Gasteiger partial charge is 0.387 e. The second-order valence-electron chi connectivity index (χ2n) is 4.15. The van der Waals surface area contributed by atoms with Gasteiger partial charge in [-0.1, -0.05) is 30.1 Å². The molecule has 0 saturated heterocycles. The number of aliphatic hydroxyl groups excluding tert-OH is 1. The molecular weight excluding hydrogens is 303 g/mol. The van der Waals surface area contributed by atoms with Crippen LogP contribution in [0.25, 0.3) is 0 Å². The third-order valence-corrected chi connectivity index (χ3v) is 3.07. The first-order valence-electron chi connectivity index (χ1n) is 6.11. The number of rotatable bonds is 6. The van der Waals surface area contributed by atoms with Gasteiger partial charge in [0.2, 0.25) is 11.8 Å². The summed E-state index contributed by atoms with van der Waals surface area (Å²) in [7, 11) is 0. The molecule has 20 heavy (non-hydrogen) atoms. The van der Waals surface area contributed by atoms with E-state index < -0.39 is 12.5 Å².